The number of allylic oxidation sites excluding steroid dienone is 6. The second kappa shape index (κ2) is 36.5. The fourth-order valence-corrected chi connectivity index (χ4v) is 6.21. The minimum atomic E-state index is -0.879. The van der Waals surface area contributed by atoms with Crippen molar-refractivity contribution in [1.29, 1.82) is 0 Å². The number of carboxylic acids is 1. The van der Waals surface area contributed by atoms with Crippen molar-refractivity contribution in [1.82, 2.24) is 0 Å². The first-order valence-corrected chi connectivity index (χ1v) is 21.5. The van der Waals surface area contributed by atoms with Gasteiger partial charge in [0.05, 0.1) is 34.4 Å². The van der Waals surface area contributed by atoms with Gasteiger partial charge in [0.1, 0.15) is 6.61 Å². The first kappa shape index (κ1) is 50.5. The monoisotopic (exact) mass is 749 g/mol. The van der Waals surface area contributed by atoms with Crippen LogP contribution in [-0.4, -0.2) is 80.6 Å². The fraction of sp³-hybridized carbons (Fsp3) is 0.800. The summed E-state index contributed by atoms with van der Waals surface area (Å²) in [4.78, 5) is 36.8. The van der Waals surface area contributed by atoms with Crippen LogP contribution >= 0.6 is 0 Å². The fourth-order valence-electron chi connectivity index (χ4n) is 6.21. The largest absolute Gasteiger partial charge is 0.477 e. The van der Waals surface area contributed by atoms with E-state index in [1.807, 2.05) is 27.2 Å². The highest BCUT2D eigenvalue weighted by molar-refractivity contribution is 5.72. The number of esters is 2. The van der Waals surface area contributed by atoms with Gasteiger partial charge in [-0.25, -0.2) is 4.79 Å². The Morgan fingerprint density at radius 3 is 1.64 bits per heavy atom. The number of rotatable bonds is 38. The summed E-state index contributed by atoms with van der Waals surface area (Å²) in [6.45, 7) is 4.55. The first-order valence-electron chi connectivity index (χ1n) is 21.5. The summed E-state index contributed by atoms with van der Waals surface area (Å²) in [6.07, 6.45) is 40.7. The lowest BCUT2D eigenvalue weighted by molar-refractivity contribution is -0.887. The highest BCUT2D eigenvalue weighted by Gasteiger charge is 2.31. The average Bonchev–Trinajstić information content (AvgIpc) is 3.11. The Labute approximate surface area is 325 Å². The SMILES string of the molecule is CC/C=C/C/C=C/CCCCCCCCCCCCCCCCC(=O)OC(COCCC(C(=O)O)[N+](C)(C)C)COC(=O)CC/C=C/CCCCCC. The molecule has 1 N–H and O–H groups in total. The van der Waals surface area contributed by atoms with E-state index in [1.165, 1.54) is 103 Å². The van der Waals surface area contributed by atoms with E-state index in [1.54, 1.807) is 0 Å². The van der Waals surface area contributed by atoms with E-state index in [4.69, 9.17) is 14.2 Å². The summed E-state index contributed by atoms with van der Waals surface area (Å²) >= 11 is 0. The highest BCUT2D eigenvalue weighted by Crippen LogP contribution is 2.15. The molecule has 53 heavy (non-hydrogen) atoms. The maximum Gasteiger partial charge on any atom is 0.362 e. The number of quaternary nitrogens is 1. The van der Waals surface area contributed by atoms with Crippen LogP contribution in [0.3, 0.4) is 0 Å². The summed E-state index contributed by atoms with van der Waals surface area (Å²) in [7, 11) is 5.51. The number of ether oxygens (including phenoxy) is 3. The van der Waals surface area contributed by atoms with E-state index in [0.717, 1.165) is 38.5 Å². The number of unbranched alkanes of at least 4 members (excludes halogenated alkanes) is 18. The molecule has 0 aliphatic heterocycles. The number of nitrogens with zero attached hydrogens (tertiary/aromatic N) is 1. The molecule has 0 fully saturated rings. The van der Waals surface area contributed by atoms with Gasteiger partial charge in [-0.2, -0.15) is 0 Å². The van der Waals surface area contributed by atoms with Crippen molar-refractivity contribution < 1.29 is 38.2 Å². The third-order valence-corrected chi connectivity index (χ3v) is 9.54. The minimum Gasteiger partial charge on any atom is -0.477 e. The van der Waals surface area contributed by atoms with Crippen molar-refractivity contribution >= 4 is 17.9 Å². The van der Waals surface area contributed by atoms with Crippen molar-refractivity contribution in [3.8, 4) is 0 Å². The van der Waals surface area contributed by atoms with Crippen molar-refractivity contribution in [2.24, 2.45) is 0 Å². The Bertz CT molecular complexity index is 968. The Morgan fingerprint density at radius 2 is 1.09 bits per heavy atom. The number of hydrogen-bond acceptors (Lipinski definition) is 6. The van der Waals surface area contributed by atoms with Crippen LogP contribution in [0.15, 0.2) is 36.5 Å². The summed E-state index contributed by atoms with van der Waals surface area (Å²) in [5.41, 5.74) is 0. The normalized spacial score (nSPS) is 13.3. The molecule has 0 spiro atoms. The zero-order valence-electron chi connectivity index (χ0n) is 35.0. The van der Waals surface area contributed by atoms with Crippen LogP contribution in [0, 0.1) is 0 Å². The van der Waals surface area contributed by atoms with Gasteiger partial charge in [-0.15, -0.1) is 0 Å². The molecule has 0 aromatic heterocycles. The Kier molecular flexibility index (Phi) is 34.8. The second-order valence-corrected chi connectivity index (χ2v) is 15.6. The quantitative estimate of drug-likeness (QED) is 0.0290. The molecule has 0 bridgehead atoms. The number of carbonyl (C=O) groups excluding carboxylic acids is 2. The summed E-state index contributed by atoms with van der Waals surface area (Å²) < 4.78 is 17.2. The molecule has 0 heterocycles. The third-order valence-electron chi connectivity index (χ3n) is 9.54. The van der Waals surface area contributed by atoms with Gasteiger partial charge in [0.25, 0.3) is 0 Å². The molecule has 0 saturated carbocycles. The van der Waals surface area contributed by atoms with E-state index in [0.29, 0.717) is 19.3 Å². The van der Waals surface area contributed by atoms with Crippen LogP contribution < -0.4 is 0 Å². The van der Waals surface area contributed by atoms with Gasteiger partial charge in [-0.1, -0.05) is 147 Å². The molecule has 0 aromatic carbocycles. The van der Waals surface area contributed by atoms with Crippen LogP contribution in [-0.2, 0) is 28.6 Å². The van der Waals surface area contributed by atoms with Gasteiger partial charge < -0.3 is 23.8 Å². The molecule has 8 nitrogen and oxygen atoms in total. The van der Waals surface area contributed by atoms with Crippen LogP contribution in [0.2, 0.25) is 0 Å². The molecule has 0 aromatic rings. The molecular weight excluding hydrogens is 666 g/mol. The van der Waals surface area contributed by atoms with Crippen LogP contribution in [0.4, 0.5) is 0 Å². The van der Waals surface area contributed by atoms with E-state index < -0.39 is 18.1 Å². The van der Waals surface area contributed by atoms with E-state index in [2.05, 4.69) is 44.2 Å². The van der Waals surface area contributed by atoms with Crippen molar-refractivity contribution in [2.75, 3.05) is 41.0 Å². The molecule has 0 saturated heterocycles. The maximum atomic E-state index is 12.7. The predicted octanol–water partition coefficient (Wildman–Crippen LogP) is 11.5. The second-order valence-electron chi connectivity index (χ2n) is 15.6. The smallest absolute Gasteiger partial charge is 0.362 e. The summed E-state index contributed by atoms with van der Waals surface area (Å²) in [6, 6.07) is -0.616. The standard InChI is InChI=1S/C45H81NO7/c1-6-8-10-12-14-16-17-18-19-20-21-22-23-24-25-26-27-28-30-32-34-36-44(48)53-41(39-51-38-37-42(45(49)50)46(3,4)5)40-52-43(47)35-33-31-29-15-13-11-9-7-2/h8,10,14,16,29,31,41-42H,6-7,9,11-13,15,17-28,30,32-40H2,1-5H3/p+1/b10-8+,16-14+,31-29+. The topological polar surface area (TPSA) is 99.1 Å². The van der Waals surface area contributed by atoms with E-state index in [9.17, 15) is 19.5 Å². The van der Waals surface area contributed by atoms with E-state index in [-0.39, 0.29) is 42.7 Å². The zero-order valence-corrected chi connectivity index (χ0v) is 35.0. The van der Waals surface area contributed by atoms with Gasteiger partial charge in [0.15, 0.2) is 12.1 Å². The molecule has 0 radical (unpaired) electrons. The molecule has 308 valence electrons. The lowest BCUT2D eigenvalue weighted by atomic mass is 10.0. The Morgan fingerprint density at radius 1 is 0.585 bits per heavy atom. The minimum absolute atomic E-state index is 0.0512. The molecule has 0 aliphatic rings. The summed E-state index contributed by atoms with van der Waals surface area (Å²) in [5, 5.41) is 9.59. The molecule has 0 aliphatic carbocycles. The predicted molar refractivity (Wildman–Crippen MR) is 220 cm³/mol. The van der Waals surface area contributed by atoms with Crippen molar-refractivity contribution in [3.05, 3.63) is 36.5 Å². The maximum absolute atomic E-state index is 12.7. The number of hydrogen-bond donors (Lipinski definition) is 1. The molecule has 2 atom stereocenters. The zero-order chi connectivity index (χ0) is 39.3. The van der Waals surface area contributed by atoms with Gasteiger partial charge >= 0.3 is 17.9 Å². The highest BCUT2D eigenvalue weighted by atomic mass is 16.6. The number of carboxylic acid groups (broad SMARTS) is 1. The molecular formula is C45H82NO7+. The van der Waals surface area contributed by atoms with Gasteiger partial charge in [-0.05, 0) is 51.4 Å². The number of aliphatic carboxylic acids is 1. The van der Waals surface area contributed by atoms with Crippen molar-refractivity contribution in [3.63, 3.8) is 0 Å². The van der Waals surface area contributed by atoms with Crippen LogP contribution in [0.1, 0.15) is 181 Å². The van der Waals surface area contributed by atoms with Crippen LogP contribution in [0.25, 0.3) is 0 Å². The Hall–Kier alpha value is -2.45. The van der Waals surface area contributed by atoms with Crippen molar-refractivity contribution in [2.45, 2.75) is 193 Å². The molecule has 0 rings (SSSR count). The molecule has 8 heteroatoms. The van der Waals surface area contributed by atoms with Gasteiger partial charge in [0, 0.05) is 19.3 Å². The molecule has 2 unspecified atom stereocenters. The number of carbonyl (C=O) groups is 3. The number of likely N-dealkylation sites (N-methyl/N-ethyl adjacent to an activating group) is 1. The van der Waals surface area contributed by atoms with Crippen LogP contribution in [0.5, 0.6) is 0 Å². The lowest BCUT2D eigenvalue weighted by Gasteiger charge is -2.31. The Balaban J connectivity index is 4.22. The third kappa shape index (κ3) is 35.0. The summed E-state index contributed by atoms with van der Waals surface area (Å²) in [5.74, 6) is -1.53. The van der Waals surface area contributed by atoms with E-state index >= 15 is 0 Å². The molecule has 0 amide bonds. The van der Waals surface area contributed by atoms with Gasteiger partial charge in [-0.3, -0.25) is 9.59 Å². The average molecular weight is 749 g/mol. The first-order chi connectivity index (χ1) is 25.6. The van der Waals surface area contributed by atoms with Gasteiger partial charge in [0.2, 0.25) is 0 Å². The lowest BCUT2D eigenvalue weighted by Crippen LogP contribution is -2.50.